The van der Waals surface area contributed by atoms with Crippen LogP contribution in [0.15, 0.2) is 54.7 Å². The van der Waals surface area contributed by atoms with Gasteiger partial charge in [-0.25, -0.2) is 4.68 Å². The number of benzene rings is 2. The van der Waals surface area contributed by atoms with Gasteiger partial charge < -0.3 is 9.64 Å². The fourth-order valence-electron chi connectivity index (χ4n) is 3.29. The molecule has 5 heteroatoms. The molecule has 2 aromatic carbocycles. The molecule has 1 fully saturated rings. The van der Waals surface area contributed by atoms with Gasteiger partial charge in [0.2, 0.25) is 0 Å². The molecule has 0 saturated carbocycles. The molecule has 25 heavy (non-hydrogen) atoms. The van der Waals surface area contributed by atoms with E-state index in [0.29, 0.717) is 13.2 Å². The van der Waals surface area contributed by atoms with Crippen molar-refractivity contribution >= 4 is 5.69 Å². The maximum absolute atomic E-state index is 5.94. The van der Waals surface area contributed by atoms with Crippen molar-refractivity contribution in [3.8, 4) is 0 Å². The summed E-state index contributed by atoms with van der Waals surface area (Å²) in [7, 11) is 0. The average molecular weight is 334 g/mol. The first kappa shape index (κ1) is 15.8. The van der Waals surface area contributed by atoms with Crippen LogP contribution in [0.2, 0.25) is 0 Å². The number of hydrogen-bond donors (Lipinski definition) is 0. The van der Waals surface area contributed by atoms with E-state index in [1.54, 1.807) is 0 Å². The number of nitrogens with zero attached hydrogens (tertiary/aromatic N) is 4. The van der Waals surface area contributed by atoms with Crippen LogP contribution < -0.4 is 4.90 Å². The van der Waals surface area contributed by atoms with E-state index in [0.717, 1.165) is 17.9 Å². The van der Waals surface area contributed by atoms with Crippen LogP contribution in [-0.2, 0) is 11.3 Å². The second-order valence-corrected chi connectivity index (χ2v) is 6.59. The molecule has 1 saturated heterocycles. The predicted octanol–water partition coefficient (Wildman–Crippen LogP) is 3.48. The zero-order valence-corrected chi connectivity index (χ0v) is 14.6. The highest BCUT2D eigenvalue weighted by atomic mass is 16.5. The quantitative estimate of drug-likeness (QED) is 0.733. The molecule has 0 N–H and O–H groups in total. The molecule has 1 unspecified atom stereocenters. The third kappa shape index (κ3) is 3.42. The second kappa shape index (κ2) is 6.69. The van der Waals surface area contributed by atoms with E-state index in [1.807, 2.05) is 10.9 Å². The van der Waals surface area contributed by atoms with Gasteiger partial charge in [0.1, 0.15) is 5.69 Å². The SMILES string of the molecule is Cc1cccc(Cn2cc(C3OCCN3c3cccc(C)c3)nn2)c1. The van der Waals surface area contributed by atoms with Crippen LogP contribution in [0.1, 0.15) is 28.6 Å². The number of hydrogen-bond acceptors (Lipinski definition) is 4. The van der Waals surface area contributed by atoms with Crippen molar-refractivity contribution in [2.24, 2.45) is 0 Å². The molecule has 0 bridgehead atoms. The molecule has 1 aliphatic heterocycles. The summed E-state index contributed by atoms with van der Waals surface area (Å²) in [6.45, 7) is 6.48. The van der Waals surface area contributed by atoms with E-state index in [9.17, 15) is 0 Å². The van der Waals surface area contributed by atoms with Gasteiger partial charge in [-0.1, -0.05) is 47.2 Å². The first-order chi connectivity index (χ1) is 12.2. The first-order valence-corrected chi connectivity index (χ1v) is 8.59. The predicted molar refractivity (Wildman–Crippen MR) is 97.5 cm³/mol. The number of aryl methyl sites for hydroxylation is 2. The van der Waals surface area contributed by atoms with Crippen LogP contribution >= 0.6 is 0 Å². The van der Waals surface area contributed by atoms with Gasteiger partial charge >= 0.3 is 0 Å². The summed E-state index contributed by atoms with van der Waals surface area (Å²) in [5.74, 6) is 0. The molecule has 0 radical (unpaired) electrons. The first-order valence-electron chi connectivity index (χ1n) is 8.59. The molecule has 2 heterocycles. The summed E-state index contributed by atoms with van der Waals surface area (Å²) in [6, 6.07) is 16.9. The fraction of sp³-hybridized carbons (Fsp3) is 0.300. The lowest BCUT2D eigenvalue weighted by atomic mass is 10.1. The molecule has 4 rings (SSSR count). The lowest BCUT2D eigenvalue weighted by Gasteiger charge is -2.23. The Morgan fingerprint density at radius 3 is 2.68 bits per heavy atom. The second-order valence-electron chi connectivity index (χ2n) is 6.59. The molecule has 0 aliphatic carbocycles. The average Bonchev–Trinajstić information content (AvgIpc) is 3.23. The summed E-state index contributed by atoms with van der Waals surface area (Å²) >= 11 is 0. The number of aromatic nitrogens is 3. The summed E-state index contributed by atoms with van der Waals surface area (Å²) in [4.78, 5) is 2.24. The van der Waals surface area contributed by atoms with Gasteiger partial charge in [-0.15, -0.1) is 5.10 Å². The van der Waals surface area contributed by atoms with Crippen molar-refractivity contribution in [1.29, 1.82) is 0 Å². The molecule has 1 aromatic heterocycles. The Morgan fingerprint density at radius 2 is 1.88 bits per heavy atom. The van der Waals surface area contributed by atoms with Crippen LogP contribution in [0, 0.1) is 13.8 Å². The Bertz CT molecular complexity index is 873. The van der Waals surface area contributed by atoms with Crippen molar-refractivity contribution < 1.29 is 4.74 Å². The van der Waals surface area contributed by atoms with Crippen molar-refractivity contribution in [2.75, 3.05) is 18.1 Å². The van der Waals surface area contributed by atoms with E-state index < -0.39 is 0 Å². The van der Waals surface area contributed by atoms with Crippen molar-refractivity contribution in [1.82, 2.24) is 15.0 Å². The Balaban J connectivity index is 1.54. The molecular weight excluding hydrogens is 312 g/mol. The standard InChI is InChI=1S/C20H22N4O/c1-15-5-3-7-17(11-15)13-23-14-19(21-22-23)20-24(9-10-25-20)18-8-4-6-16(2)12-18/h3-8,11-12,14,20H,9-10,13H2,1-2H3. The topological polar surface area (TPSA) is 43.2 Å². The fourth-order valence-corrected chi connectivity index (χ4v) is 3.29. The Kier molecular flexibility index (Phi) is 4.24. The molecule has 1 atom stereocenters. The van der Waals surface area contributed by atoms with E-state index in [-0.39, 0.29) is 6.23 Å². The molecule has 128 valence electrons. The Labute approximate surface area is 147 Å². The highest BCUT2D eigenvalue weighted by molar-refractivity contribution is 5.50. The van der Waals surface area contributed by atoms with Crippen LogP contribution in [0.4, 0.5) is 5.69 Å². The lowest BCUT2D eigenvalue weighted by Crippen LogP contribution is -2.23. The van der Waals surface area contributed by atoms with Crippen LogP contribution in [0.5, 0.6) is 0 Å². The number of rotatable bonds is 4. The number of anilines is 1. The van der Waals surface area contributed by atoms with Gasteiger partial charge in [0, 0.05) is 12.2 Å². The van der Waals surface area contributed by atoms with E-state index in [1.165, 1.54) is 16.7 Å². The monoisotopic (exact) mass is 334 g/mol. The van der Waals surface area contributed by atoms with Crippen molar-refractivity contribution in [2.45, 2.75) is 26.6 Å². The maximum atomic E-state index is 5.94. The zero-order chi connectivity index (χ0) is 17.2. The Hall–Kier alpha value is -2.66. The van der Waals surface area contributed by atoms with E-state index >= 15 is 0 Å². The van der Waals surface area contributed by atoms with Gasteiger partial charge in [0.05, 0.1) is 19.3 Å². The third-order valence-corrected chi connectivity index (χ3v) is 4.46. The van der Waals surface area contributed by atoms with Gasteiger partial charge in [0.15, 0.2) is 6.23 Å². The van der Waals surface area contributed by atoms with Gasteiger partial charge in [-0.2, -0.15) is 0 Å². The summed E-state index contributed by atoms with van der Waals surface area (Å²) in [5.41, 5.74) is 5.73. The minimum absolute atomic E-state index is 0.173. The van der Waals surface area contributed by atoms with Crippen LogP contribution in [-0.4, -0.2) is 28.1 Å². The van der Waals surface area contributed by atoms with E-state index in [4.69, 9.17) is 4.74 Å². The van der Waals surface area contributed by atoms with Gasteiger partial charge in [-0.3, -0.25) is 0 Å². The normalized spacial score (nSPS) is 17.2. The minimum atomic E-state index is -0.173. The summed E-state index contributed by atoms with van der Waals surface area (Å²) in [5, 5.41) is 8.65. The zero-order valence-electron chi connectivity index (χ0n) is 14.6. The molecular formula is C20H22N4O. The van der Waals surface area contributed by atoms with Gasteiger partial charge in [-0.05, 0) is 37.1 Å². The summed E-state index contributed by atoms with van der Waals surface area (Å²) < 4.78 is 7.81. The van der Waals surface area contributed by atoms with Crippen LogP contribution in [0.3, 0.4) is 0 Å². The highest BCUT2D eigenvalue weighted by Crippen LogP contribution is 2.31. The Morgan fingerprint density at radius 1 is 1.08 bits per heavy atom. The smallest absolute Gasteiger partial charge is 0.177 e. The molecule has 1 aliphatic rings. The molecule has 0 amide bonds. The van der Waals surface area contributed by atoms with Crippen molar-refractivity contribution in [3.63, 3.8) is 0 Å². The van der Waals surface area contributed by atoms with Gasteiger partial charge in [0.25, 0.3) is 0 Å². The molecule has 0 spiro atoms. The largest absolute Gasteiger partial charge is 0.350 e. The highest BCUT2D eigenvalue weighted by Gasteiger charge is 2.29. The maximum Gasteiger partial charge on any atom is 0.177 e. The third-order valence-electron chi connectivity index (χ3n) is 4.46. The molecule has 5 nitrogen and oxygen atoms in total. The lowest BCUT2D eigenvalue weighted by molar-refractivity contribution is 0.110. The van der Waals surface area contributed by atoms with Crippen LogP contribution in [0.25, 0.3) is 0 Å². The number of ether oxygens (including phenoxy) is 1. The molecule has 3 aromatic rings. The summed E-state index contributed by atoms with van der Waals surface area (Å²) in [6.07, 6.45) is 1.81. The van der Waals surface area contributed by atoms with E-state index in [2.05, 4.69) is 77.6 Å². The minimum Gasteiger partial charge on any atom is -0.350 e. The van der Waals surface area contributed by atoms with Crippen molar-refractivity contribution in [3.05, 3.63) is 77.1 Å².